The molecule has 30 heavy (non-hydrogen) atoms. The van der Waals surface area contributed by atoms with Crippen LogP contribution in [0.5, 0.6) is 0 Å². The molecule has 0 atom stereocenters. The van der Waals surface area contributed by atoms with E-state index in [1.165, 1.54) is 33.4 Å². The van der Waals surface area contributed by atoms with Crippen molar-refractivity contribution < 1.29 is 0 Å². The van der Waals surface area contributed by atoms with Crippen LogP contribution in [0.3, 0.4) is 0 Å². The van der Waals surface area contributed by atoms with Crippen molar-refractivity contribution >= 4 is 0 Å². The van der Waals surface area contributed by atoms with Gasteiger partial charge in [0.1, 0.15) is 0 Å². The number of H-pyrrole nitrogens is 3. The molecule has 0 aliphatic carbocycles. The molecule has 0 amide bonds. The van der Waals surface area contributed by atoms with Crippen LogP contribution in [0, 0.1) is 0 Å². The third-order valence-electron chi connectivity index (χ3n) is 5.42. The van der Waals surface area contributed by atoms with E-state index in [-0.39, 0.29) is 0 Å². The summed E-state index contributed by atoms with van der Waals surface area (Å²) in [6, 6.07) is 0. The summed E-state index contributed by atoms with van der Waals surface area (Å²) in [5.74, 6) is 2.00. The van der Waals surface area contributed by atoms with Crippen LogP contribution in [0.15, 0.2) is 0 Å². The molecular formula is C18H24N12. The second kappa shape index (κ2) is 8.84. The van der Waals surface area contributed by atoms with E-state index in [0.717, 1.165) is 19.3 Å². The van der Waals surface area contributed by atoms with E-state index in [1.54, 1.807) is 0 Å². The highest BCUT2D eigenvalue weighted by Gasteiger charge is 2.24. The molecule has 4 aromatic rings. The maximum atomic E-state index is 4.19. The molecule has 0 saturated heterocycles. The molecule has 12 heteroatoms. The smallest absolute Gasteiger partial charge is 0.177 e. The SMILES string of the molecule is CCc1c(Cc2nn[nH]n2)c(CC)c(Cc2nn[nH]n2)c(CC)c1Cc1nn[nH]n1. The van der Waals surface area contributed by atoms with Crippen molar-refractivity contribution in [3.63, 3.8) is 0 Å². The minimum Gasteiger partial charge on any atom is -0.177 e. The summed E-state index contributed by atoms with van der Waals surface area (Å²) in [6.07, 6.45) is 4.44. The summed E-state index contributed by atoms with van der Waals surface area (Å²) in [6.45, 7) is 6.52. The lowest BCUT2D eigenvalue weighted by Gasteiger charge is -2.25. The van der Waals surface area contributed by atoms with Gasteiger partial charge in [-0.25, -0.2) is 0 Å². The molecule has 0 radical (unpaired) electrons. The summed E-state index contributed by atoms with van der Waals surface area (Å²) in [5, 5.41) is 44.0. The lowest BCUT2D eigenvalue weighted by molar-refractivity contribution is 0.850. The third-order valence-corrected chi connectivity index (χ3v) is 5.42. The Hall–Kier alpha value is -3.57. The summed E-state index contributed by atoms with van der Waals surface area (Å²) >= 11 is 0. The van der Waals surface area contributed by atoms with Gasteiger partial charge >= 0.3 is 0 Å². The van der Waals surface area contributed by atoms with E-state index in [4.69, 9.17) is 0 Å². The number of nitrogens with zero attached hydrogens (tertiary/aromatic N) is 9. The molecule has 0 spiro atoms. The number of benzene rings is 1. The van der Waals surface area contributed by atoms with Crippen molar-refractivity contribution in [1.82, 2.24) is 61.9 Å². The molecular weight excluding hydrogens is 384 g/mol. The van der Waals surface area contributed by atoms with Gasteiger partial charge in [0.25, 0.3) is 0 Å². The van der Waals surface area contributed by atoms with E-state index in [0.29, 0.717) is 36.7 Å². The molecule has 0 saturated carbocycles. The summed E-state index contributed by atoms with van der Waals surface area (Å²) in [5.41, 5.74) is 7.56. The van der Waals surface area contributed by atoms with Gasteiger partial charge in [0.05, 0.1) is 0 Å². The lowest BCUT2D eigenvalue weighted by Crippen LogP contribution is -2.15. The Balaban J connectivity index is 1.94. The summed E-state index contributed by atoms with van der Waals surface area (Å²) < 4.78 is 0. The van der Waals surface area contributed by atoms with Crippen molar-refractivity contribution in [3.8, 4) is 0 Å². The molecule has 3 heterocycles. The van der Waals surface area contributed by atoms with Crippen LogP contribution >= 0.6 is 0 Å². The first-order valence-corrected chi connectivity index (χ1v) is 10.1. The molecule has 0 bridgehead atoms. The van der Waals surface area contributed by atoms with Gasteiger partial charge in [-0.2, -0.15) is 15.6 Å². The van der Waals surface area contributed by atoms with Crippen LogP contribution in [0.1, 0.15) is 71.6 Å². The number of aromatic amines is 3. The predicted octanol–water partition coefficient (Wildman–Crippen LogP) is 0.686. The summed E-state index contributed by atoms with van der Waals surface area (Å²) in [4.78, 5) is 0. The monoisotopic (exact) mass is 408 g/mol. The van der Waals surface area contributed by atoms with Crippen molar-refractivity contribution in [2.45, 2.75) is 59.3 Å². The Kier molecular flexibility index (Phi) is 5.82. The van der Waals surface area contributed by atoms with Gasteiger partial charge in [-0.1, -0.05) is 36.4 Å². The highest BCUT2D eigenvalue weighted by atomic mass is 15.5. The fourth-order valence-electron chi connectivity index (χ4n) is 4.26. The molecule has 0 aliphatic rings. The van der Waals surface area contributed by atoms with Gasteiger partial charge in [-0.3, -0.25) is 0 Å². The maximum absolute atomic E-state index is 4.19. The Morgan fingerprint density at radius 3 is 0.967 bits per heavy atom. The molecule has 4 rings (SSSR count). The molecule has 3 N–H and O–H groups in total. The third kappa shape index (κ3) is 3.80. The van der Waals surface area contributed by atoms with Gasteiger partial charge < -0.3 is 0 Å². The van der Waals surface area contributed by atoms with E-state index < -0.39 is 0 Å². The zero-order chi connectivity index (χ0) is 20.9. The molecule has 0 fully saturated rings. The Labute approximate surface area is 172 Å². The number of hydrogen-bond donors (Lipinski definition) is 3. The Bertz CT molecular complexity index is 908. The number of tetrazole rings is 3. The minimum absolute atomic E-state index is 0.603. The minimum atomic E-state index is 0.603. The van der Waals surface area contributed by atoms with Crippen molar-refractivity contribution in [1.29, 1.82) is 0 Å². The fraction of sp³-hybridized carbons (Fsp3) is 0.500. The Morgan fingerprint density at radius 1 is 0.467 bits per heavy atom. The van der Waals surface area contributed by atoms with Crippen LogP contribution < -0.4 is 0 Å². The van der Waals surface area contributed by atoms with Crippen molar-refractivity contribution in [2.75, 3.05) is 0 Å². The second-order valence-electron chi connectivity index (χ2n) is 6.95. The van der Waals surface area contributed by atoms with Gasteiger partial charge in [0.2, 0.25) is 0 Å². The van der Waals surface area contributed by atoms with E-state index >= 15 is 0 Å². The largest absolute Gasteiger partial charge is 0.178 e. The maximum Gasteiger partial charge on any atom is 0.178 e. The average Bonchev–Trinajstić information content (AvgIpc) is 3.53. The first-order valence-electron chi connectivity index (χ1n) is 10.1. The first-order chi connectivity index (χ1) is 14.7. The van der Waals surface area contributed by atoms with Crippen molar-refractivity contribution in [2.24, 2.45) is 0 Å². The topological polar surface area (TPSA) is 163 Å². The average molecular weight is 408 g/mol. The standard InChI is InChI=1S/C18H24N12/c1-4-10-13(7-16-19-25-26-20-16)11(5-2)15(9-18-23-29-30-24-18)12(6-3)14(10)8-17-21-27-28-22-17/h4-9H2,1-3H3,(H,19,20,25,26)(H,21,22,27,28)(H,23,24,29,30). The first kappa shape index (κ1) is 19.7. The number of rotatable bonds is 9. The molecule has 12 nitrogen and oxygen atoms in total. The van der Waals surface area contributed by atoms with Crippen LogP contribution in [-0.4, -0.2) is 61.9 Å². The van der Waals surface area contributed by atoms with Crippen LogP contribution in [0.2, 0.25) is 0 Å². The zero-order valence-electron chi connectivity index (χ0n) is 17.3. The van der Waals surface area contributed by atoms with Gasteiger partial charge in [-0.05, 0) is 52.6 Å². The highest BCUT2D eigenvalue weighted by Crippen LogP contribution is 2.33. The molecule has 156 valence electrons. The number of nitrogens with one attached hydrogen (secondary N) is 3. The zero-order valence-corrected chi connectivity index (χ0v) is 17.3. The van der Waals surface area contributed by atoms with E-state index in [2.05, 4.69) is 82.6 Å². The van der Waals surface area contributed by atoms with Crippen LogP contribution in [0.4, 0.5) is 0 Å². The summed E-state index contributed by atoms with van der Waals surface area (Å²) in [7, 11) is 0. The van der Waals surface area contributed by atoms with Crippen molar-refractivity contribution in [3.05, 3.63) is 50.9 Å². The second-order valence-corrected chi connectivity index (χ2v) is 6.95. The fourth-order valence-corrected chi connectivity index (χ4v) is 4.26. The van der Waals surface area contributed by atoms with E-state index in [1.807, 2.05) is 0 Å². The molecule has 0 aliphatic heterocycles. The predicted molar refractivity (Wildman–Crippen MR) is 106 cm³/mol. The van der Waals surface area contributed by atoms with Crippen LogP contribution in [0.25, 0.3) is 0 Å². The normalized spacial score (nSPS) is 11.3. The van der Waals surface area contributed by atoms with Gasteiger partial charge in [0.15, 0.2) is 17.5 Å². The Morgan fingerprint density at radius 2 is 0.767 bits per heavy atom. The van der Waals surface area contributed by atoms with E-state index in [9.17, 15) is 0 Å². The molecule has 1 aromatic carbocycles. The number of hydrogen-bond acceptors (Lipinski definition) is 9. The lowest BCUT2D eigenvalue weighted by atomic mass is 9.80. The van der Waals surface area contributed by atoms with Gasteiger partial charge in [0, 0.05) is 19.3 Å². The van der Waals surface area contributed by atoms with Crippen LogP contribution in [-0.2, 0) is 38.5 Å². The highest BCUT2D eigenvalue weighted by molar-refractivity contribution is 5.54. The molecule has 0 unspecified atom stereocenters. The van der Waals surface area contributed by atoms with Gasteiger partial charge in [-0.15, -0.1) is 30.6 Å². The number of aromatic nitrogens is 12. The quantitative estimate of drug-likeness (QED) is 0.361. The molecule has 3 aromatic heterocycles.